The number of aliphatic hydroxyl groups excluding tert-OH is 2. The van der Waals surface area contributed by atoms with E-state index in [1.54, 1.807) is 0 Å². The average Bonchev–Trinajstić information content (AvgIpc) is 3.03. The van der Waals surface area contributed by atoms with Crippen LogP contribution in [-0.4, -0.2) is 60.2 Å². The van der Waals surface area contributed by atoms with Crippen LogP contribution in [0, 0.1) is 0 Å². The second-order valence-corrected chi connectivity index (χ2v) is 4.99. The lowest BCUT2D eigenvalue weighted by Gasteiger charge is -2.14. The van der Waals surface area contributed by atoms with Crippen LogP contribution in [0.4, 0.5) is 0 Å². The highest BCUT2D eigenvalue weighted by Gasteiger charge is 2.36. The number of ether oxygens (including phenoxy) is 1. The molecule has 0 amide bonds. The molecule has 19 heavy (non-hydrogen) atoms. The van der Waals surface area contributed by atoms with Gasteiger partial charge >= 0.3 is 0 Å². The highest BCUT2D eigenvalue weighted by molar-refractivity contribution is 7.98. The lowest BCUT2D eigenvalue weighted by atomic mass is 10.2. The van der Waals surface area contributed by atoms with Crippen LogP contribution in [-0.2, 0) is 4.74 Å². The van der Waals surface area contributed by atoms with Gasteiger partial charge < -0.3 is 14.9 Å². The van der Waals surface area contributed by atoms with Crippen LogP contribution in [0.5, 0.6) is 0 Å². The first-order valence-corrected chi connectivity index (χ1v) is 7.01. The molecule has 0 spiro atoms. The van der Waals surface area contributed by atoms with E-state index in [9.17, 15) is 5.11 Å². The molecule has 0 aromatic carbocycles. The van der Waals surface area contributed by atoms with Crippen molar-refractivity contribution in [2.24, 2.45) is 0 Å². The monoisotopic (exact) mass is 283 g/mol. The molecule has 0 saturated carbocycles. The number of rotatable bonds is 3. The summed E-state index contributed by atoms with van der Waals surface area (Å²) in [6, 6.07) is 0. The van der Waals surface area contributed by atoms with Gasteiger partial charge in [-0.2, -0.15) is 4.80 Å². The molecule has 0 aromatic heterocycles. The number of fused-ring (bicyclic) bond motifs is 1. The molecule has 3 heterocycles. The molecule has 1 fully saturated rings. The minimum atomic E-state index is -0.717. The summed E-state index contributed by atoms with van der Waals surface area (Å²) in [6.07, 6.45) is 1.85. The number of aromatic nitrogens is 5. The van der Waals surface area contributed by atoms with E-state index in [-0.39, 0.29) is 6.61 Å². The zero-order valence-corrected chi connectivity index (χ0v) is 11.0. The standard InChI is InChI=1S/C10H13N5O3S/c1-19-10-8-9(12-4-11-8)13-15(14-10)7-2-5(17)6(3-16)18-7/h4-7,16-17H,2-3H2,1H3/t5-,6+,7+/m0/s1. The van der Waals surface area contributed by atoms with Gasteiger partial charge in [-0.25, -0.2) is 9.97 Å². The third-order valence-electron chi connectivity index (χ3n) is 3.01. The topological polar surface area (TPSA) is 106 Å². The second kappa shape index (κ2) is 5.00. The van der Waals surface area contributed by atoms with E-state index < -0.39 is 18.4 Å². The zero-order chi connectivity index (χ0) is 13.4. The maximum absolute atomic E-state index is 9.73. The predicted molar refractivity (Wildman–Crippen MR) is 65.6 cm³/mol. The maximum atomic E-state index is 9.73. The number of imidazole rings is 1. The highest BCUT2D eigenvalue weighted by atomic mass is 32.2. The molecular formula is C10H13N5O3S. The molecule has 3 aliphatic rings. The molecular weight excluding hydrogens is 270 g/mol. The normalized spacial score (nSPS) is 27.2. The van der Waals surface area contributed by atoms with Gasteiger partial charge in [-0.1, -0.05) is 0 Å². The van der Waals surface area contributed by atoms with Gasteiger partial charge in [0.1, 0.15) is 23.2 Å². The zero-order valence-electron chi connectivity index (χ0n) is 10.2. The van der Waals surface area contributed by atoms with Gasteiger partial charge in [-0.3, -0.25) is 0 Å². The van der Waals surface area contributed by atoms with Crippen LogP contribution >= 0.6 is 11.8 Å². The van der Waals surface area contributed by atoms with Crippen molar-refractivity contribution in [1.29, 1.82) is 0 Å². The Morgan fingerprint density at radius 3 is 3.00 bits per heavy atom. The van der Waals surface area contributed by atoms with Gasteiger partial charge in [-0.15, -0.1) is 22.0 Å². The Morgan fingerprint density at radius 1 is 1.47 bits per heavy atom. The fourth-order valence-corrected chi connectivity index (χ4v) is 2.53. The lowest BCUT2D eigenvalue weighted by molar-refractivity contribution is -0.0548. The fraction of sp³-hybridized carbons (Fsp3) is 0.600. The summed E-state index contributed by atoms with van der Waals surface area (Å²) in [4.78, 5) is 9.55. The Hall–Kier alpha value is -1.29. The van der Waals surface area contributed by atoms with Crippen molar-refractivity contribution in [2.45, 2.75) is 29.9 Å². The highest BCUT2D eigenvalue weighted by Crippen LogP contribution is 2.30. The van der Waals surface area contributed by atoms with Crippen LogP contribution in [0.15, 0.2) is 11.4 Å². The Morgan fingerprint density at radius 2 is 2.32 bits per heavy atom. The van der Waals surface area contributed by atoms with Crippen LogP contribution in [0.25, 0.3) is 11.5 Å². The summed E-state index contributed by atoms with van der Waals surface area (Å²) in [5, 5.41) is 28.1. The van der Waals surface area contributed by atoms with E-state index in [4.69, 9.17) is 9.84 Å². The molecule has 3 aliphatic heterocycles. The smallest absolute Gasteiger partial charge is 0.204 e. The second-order valence-electron chi connectivity index (χ2n) is 4.19. The quantitative estimate of drug-likeness (QED) is 0.729. The van der Waals surface area contributed by atoms with E-state index in [1.807, 2.05) is 6.26 Å². The number of hydrogen-bond donors (Lipinski definition) is 2. The van der Waals surface area contributed by atoms with Gasteiger partial charge in [-0.05, 0) is 6.26 Å². The Labute approximate surface area is 113 Å². The van der Waals surface area contributed by atoms with E-state index in [0.29, 0.717) is 23.0 Å². The molecule has 1 saturated heterocycles. The van der Waals surface area contributed by atoms with Gasteiger partial charge in [0.05, 0.1) is 12.7 Å². The van der Waals surface area contributed by atoms with Crippen LogP contribution in [0.2, 0.25) is 0 Å². The van der Waals surface area contributed by atoms with E-state index in [1.165, 1.54) is 22.9 Å². The molecule has 0 aliphatic carbocycles. The van der Waals surface area contributed by atoms with E-state index in [2.05, 4.69) is 20.2 Å². The van der Waals surface area contributed by atoms with Crippen molar-refractivity contribution in [2.75, 3.05) is 12.9 Å². The van der Waals surface area contributed by atoms with Gasteiger partial charge in [0, 0.05) is 6.42 Å². The fourth-order valence-electron chi connectivity index (χ4n) is 2.03. The van der Waals surface area contributed by atoms with Crippen LogP contribution < -0.4 is 0 Å². The molecule has 102 valence electrons. The summed E-state index contributed by atoms with van der Waals surface area (Å²) >= 11 is 1.44. The van der Waals surface area contributed by atoms with Crippen molar-refractivity contribution < 1.29 is 14.9 Å². The Bertz CT molecular complexity index is 550. The first-order valence-electron chi connectivity index (χ1n) is 5.79. The number of nitrogens with zero attached hydrogens (tertiary/aromatic N) is 5. The van der Waals surface area contributed by atoms with Crippen LogP contribution in [0.1, 0.15) is 12.6 Å². The average molecular weight is 283 g/mol. The molecule has 0 radical (unpaired) electrons. The lowest BCUT2D eigenvalue weighted by Crippen LogP contribution is -2.24. The van der Waals surface area contributed by atoms with Gasteiger partial charge in [0.25, 0.3) is 0 Å². The summed E-state index contributed by atoms with van der Waals surface area (Å²) < 4.78 is 5.51. The van der Waals surface area contributed by atoms with Crippen molar-refractivity contribution in [3.63, 3.8) is 0 Å². The minimum absolute atomic E-state index is 0.230. The largest absolute Gasteiger partial charge is 0.394 e. The van der Waals surface area contributed by atoms with Crippen molar-refractivity contribution >= 4 is 11.8 Å². The molecule has 0 bridgehead atoms. The Balaban J connectivity index is 1.95. The molecule has 0 aromatic rings. The number of aliphatic hydroxyl groups is 2. The number of hydrogen-bond acceptors (Lipinski definition) is 8. The summed E-state index contributed by atoms with van der Waals surface area (Å²) in [7, 11) is 0. The minimum Gasteiger partial charge on any atom is -0.394 e. The van der Waals surface area contributed by atoms with Gasteiger partial charge in [0.15, 0.2) is 6.23 Å². The van der Waals surface area contributed by atoms with Crippen LogP contribution in [0.3, 0.4) is 0 Å². The summed E-state index contributed by atoms with van der Waals surface area (Å²) in [5.41, 5.74) is 0.654. The van der Waals surface area contributed by atoms with Crippen molar-refractivity contribution in [1.82, 2.24) is 25.0 Å². The van der Waals surface area contributed by atoms with Crippen molar-refractivity contribution in [3.05, 3.63) is 6.33 Å². The predicted octanol–water partition coefficient (Wildman–Crippen LogP) is -0.465. The molecule has 9 heteroatoms. The third-order valence-corrected chi connectivity index (χ3v) is 3.67. The molecule has 3 atom stereocenters. The molecule has 0 unspecified atom stereocenters. The van der Waals surface area contributed by atoms with Crippen molar-refractivity contribution in [3.8, 4) is 11.5 Å². The summed E-state index contributed by atoms with van der Waals surface area (Å²) in [6.45, 7) is -0.230. The molecule has 8 nitrogen and oxygen atoms in total. The number of thioether (sulfide) groups is 1. The molecule has 3 rings (SSSR count). The molecule has 2 N–H and O–H groups in total. The Kier molecular flexibility index (Phi) is 3.35. The SMILES string of the molecule is CSc1nn([C@H]2C[C@H](O)[C@@H](CO)O2)nc2ncnc1-2. The maximum Gasteiger partial charge on any atom is 0.204 e. The summed E-state index contributed by atoms with van der Waals surface area (Å²) in [5.74, 6) is 0.491. The first-order chi connectivity index (χ1) is 9.22. The van der Waals surface area contributed by atoms with E-state index in [0.717, 1.165) is 0 Å². The van der Waals surface area contributed by atoms with Gasteiger partial charge in [0.2, 0.25) is 5.82 Å². The first kappa shape index (κ1) is 12.7. The van der Waals surface area contributed by atoms with E-state index >= 15 is 0 Å². The third kappa shape index (κ3) is 2.18.